The molecule has 2 amide bonds. The van der Waals surface area contributed by atoms with Crippen molar-refractivity contribution in [2.45, 2.75) is 39.2 Å². The third-order valence-corrected chi connectivity index (χ3v) is 4.60. The zero-order valence-electron chi connectivity index (χ0n) is 16.3. The number of methoxy groups -OCH3 is 1. The van der Waals surface area contributed by atoms with E-state index in [1.54, 1.807) is 7.11 Å². The predicted molar refractivity (Wildman–Crippen MR) is 103 cm³/mol. The SMILES string of the molecule is COCCNC(=O)C1(Nc2ccccc2)CCCN(C(=O)C(C)(C)C)C1. The molecule has 2 N–H and O–H groups in total. The lowest BCUT2D eigenvalue weighted by atomic mass is 9.85. The standard InChI is InChI=1S/C20H31N3O3/c1-19(2,3)18(25)23-13-8-11-20(15-23,17(24)21-12-14-26-4)22-16-9-6-5-7-10-16/h5-7,9-10,22H,8,11-15H2,1-4H3,(H,21,24). The molecule has 1 unspecified atom stereocenters. The van der Waals surface area contributed by atoms with Gasteiger partial charge in [-0.3, -0.25) is 9.59 Å². The summed E-state index contributed by atoms with van der Waals surface area (Å²) in [6.07, 6.45) is 1.45. The fourth-order valence-corrected chi connectivity index (χ4v) is 3.28. The molecule has 1 aromatic rings. The van der Waals surface area contributed by atoms with Crippen LogP contribution >= 0.6 is 0 Å². The van der Waals surface area contributed by atoms with Crippen molar-refractivity contribution in [2.24, 2.45) is 5.41 Å². The Morgan fingerprint density at radius 3 is 2.54 bits per heavy atom. The average Bonchev–Trinajstić information content (AvgIpc) is 2.61. The predicted octanol–water partition coefficient (Wildman–Crippen LogP) is 2.27. The van der Waals surface area contributed by atoms with Gasteiger partial charge < -0.3 is 20.3 Å². The minimum atomic E-state index is -0.839. The molecule has 1 heterocycles. The number of hydrogen-bond acceptors (Lipinski definition) is 4. The van der Waals surface area contributed by atoms with Crippen molar-refractivity contribution in [2.75, 3.05) is 38.7 Å². The zero-order chi connectivity index (χ0) is 19.2. The van der Waals surface area contributed by atoms with Crippen LogP contribution in [-0.4, -0.2) is 55.6 Å². The highest BCUT2D eigenvalue weighted by molar-refractivity contribution is 5.91. The van der Waals surface area contributed by atoms with E-state index in [0.29, 0.717) is 32.7 Å². The second-order valence-electron chi connectivity index (χ2n) is 7.90. The molecule has 1 saturated heterocycles. The number of carbonyl (C=O) groups is 2. The Balaban J connectivity index is 2.24. The first-order valence-electron chi connectivity index (χ1n) is 9.18. The van der Waals surface area contributed by atoms with E-state index in [1.165, 1.54) is 0 Å². The van der Waals surface area contributed by atoms with Crippen LogP contribution in [0.4, 0.5) is 5.69 Å². The molecule has 6 nitrogen and oxygen atoms in total. The second kappa shape index (κ2) is 8.54. The van der Waals surface area contributed by atoms with Gasteiger partial charge in [0.25, 0.3) is 0 Å². The minimum Gasteiger partial charge on any atom is -0.383 e. The molecule has 1 aliphatic rings. The van der Waals surface area contributed by atoms with E-state index in [9.17, 15) is 9.59 Å². The van der Waals surface area contributed by atoms with Crippen molar-refractivity contribution < 1.29 is 14.3 Å². The zero-order valence-corrected chi connectivity index (χ0v) is 16.3. The Bertz CT molecular complexity index is 612. The molecule has 1 aromatic carbocycles. The molecule has 0 bridgehead atoms. The third-order valence-electron chi connectivity index (χ3n) is 4.60. The highest BCUT2D eigenvalue weighted by atomic mass is 16.5. The number of ether oxygens (including phenoxy) is 1. The van der Waals surface area contributed by atoms with Crippen LogP contribution in [0.5, 0.6) is 0 Å². The van der Waals surface area contributed by atoms with E-state index in [1.807, 2.05) is 56.0 Å². The first kappa shape index (κ1) is 20.2. The van der Waals surface area contributed by atoms with Gasteiger partial charge in [-0.05, 0) is 25.0 Å². The summed E-state index contributed by atoms with van der Waals surface area (Å²) in [5, 5.41) is 6.36. The van der Waals surface area contributed by atoms with Gasteiger partial charge in [0, 0.05) is 31.3 Å². The molecule has 1 fully saturated rings. The van der Waals surface area contributed by atoms with Gasteiger partial charge in [-0.25, -0.2) is 0 Å². The van der Waals surface area contributed by atoms with E-state index < -0.39 is 11.0 Å². The first-order valence-corrected chi connectivity index (χ1v) is 9.18. The van der Waals surface area contributed by atoms with Crippen LogP contribution < -0.4 is 10.6 Å². The molecule has 1 atom stereocenters. The van der Waals surface area contributed by atoms with Crippen LogP contribution in [-0.2, 0) is 14.3 Å². The van der Waals surface area contributed by atoms with Crippen molar-refractivity contribution in [3.8, 4) is 0 Å². The Labute approximate surface area is 156 Å². The number of carbonyl (C=O) groups excluding carboxylic acids is 2. The summed E-state index contributed by atoms with van der Waals surface area (Å²) < 4.78 is 5.04. The number of hydrogen-bond donors (Lipinski definition) is 2. The number of nitrogens with one attached hydrogen (secondary N) is 2. The van der Waals surface area contributed by atoms with E-state index in [-0.39, 0.29) is 11.8 Å². The Morgan fingerprint density at radius 2 is 1.92 bits per heavy atom. The number of amides is 2. The summed E-state index contributed by atoms with van der Waals surface area (Å²) in [7, 11) is 1.61. The summed E-state index contributed by atoms with van der Waals surface area (Å²) in [5.74, 6) is -0.0223. The van der Waals surface area contributed by atoms with E-state index in [2.05, 4.69) is 10.6 Å². The maximum atomic E-state index is 13.0. The molecule has 2 rings (SSSR count). The number of nitrogens with zero attached hydrogens (tertiary/aromatic N) is 1. The maximum Gasteiger partial charge on any atom is 0.247 e. The van der Waals surface area contributed by atoms with Crippen LogP contribution in [0.25, 0.3) is 0 Å². The highest BCUT2D eigenvalue weighted by Crippen LogP contribution is 2.29. The Morgan fingerprint density at radius 1 is 1.23 bits per heavy atom. The van der Waals surface area contributed by atoms with Gasteiger partial charge >= 0.3 is 0 Å². The lowest BCUT2D eigenvalue weighted by Gasteiger charge is -2.44. The summed E-state index contributed by atoms with van der Waals surface area (Å²) in [5.41, 5.74) is -0.434. The van der Waals surface area contributed by atoms with Crippen LogP contribution in [0.1, 0.15) is 33.6 Å². The van der Waals surface area contributed by atoms with Crippen molar-refractivity contribution in [3.63, 3.8) is 0 Å². The lowest BCUT2D eigenvalue weighted by molar-refractivity contribution is -0.143. The normalized spacial score (nSPS) is 20.5. The first-order chi connectivity index (χ1) is 12.3. The van der Waals surface area contributed by atoms with Gasteiger partial charge in [0.2, 0.25) is 11.8 Å². The molecule has 144 valence electrons. The fraction of sp³-hybridized carbons (Fsp3) is 0.600. The summed E-state index contributed by atoms with van der Waals surface area (Å²) in [6.45, 7) is 7.67. The smallest absolute Gasteiger partial charge is 0.247 e. The van der Waals surface area contributed by atoms with Crippen LogP contribution in [0.3, 0.4) is 0 Å². The molecule has 26 heavy (non-hydrogen) atoms. The molecule has 0 aliphatic carbocycles. The topological polar surface area (TPSA) is 70.7 Å². The van der Waals surface area contributed by atoms with E-state index >= 15 is 0 Å². The minimum absolute atomic E-state index is 0.0705. The Kier molecular flexibility index (Phi) is 6.64. The third kappa shape index (κ3) is 4.97. The van der Waals surface area contributed by atoms with Gasteiger partial charge in [0.1, 0.15) is 5.54 Å². The number of anilines is 1. The molecule has 0 aromatic heterocycles. The number of para-hydroxylation sites is 1. The molecular weight excluding hydrogens is 330 g/mol. The fourth-order valence-electron chi connectivity index (χ4n) is 3.28. The van der Waals surface area contributed by atoms with Crippen LogP contribution in [0.15, 0.2) is 30.3 Å². The van der Waals surface area contributed by atoms with Crippen LogP contribution in [0.2, 0.25) is 0 Å². The molecule has 1 aliphatic heterocycles. The monoisotopic (exact) mass is 361 g/mol. The molecule has 0 saturated carbocycles. The molecule has 0 radical (unpaired) electrons. The van der Waals surface area contributed by atoms with Gasteiger partial charge in [-0.15, -0.1) is 0 Å². The van der Waals surface area contributed by atoms with Gasteiger partial charge in [-0.2, -0.15) is 0 Å². The van der Waals surface area contributed by atoms with E-state index in [0.717, 1.165) is 12.1 Å². The lowest BCUT2D eigenvalue weighted by Crippen LogP contribution is -2.63. The number of piperidine rings is 1. The number of rotatable bonds is 6. The molecule has 6 heteroatoms. The highest BCUT2D eigenvalue weighted by Gasteiger charge is 2.44. The molecular formula is C20H31N3O3. The van der Waals surface area contributed by atoms with Crippen molar-refractivity contribution in [1.29, 1.82) is 0 Å². The summed E-state index contributed by atoms with van der Waals surface area (Å²) in [6, 6.07) is 9.68. The van der Waals surface area contributed by atoms with Crippen molar-refractivity contribution >= 4 is 17.5 Å². The average molecular weight is 361 g/mol. The quantitative estimate of drug-likeness (QED) is 0.763. The van der Waals surface area contributed by atoms with Gasteiger partial charge in [0.15, 0.2) is 0 Å². The van der Waals surface area contributed by atoms with Crippen molar-refractivity contribution in [3.05, 3.63) is 30.3 Å². The maximum absolute atomic E-state index is 13.0. The second-order valence-corrected chi connectivity index (χ2v) is 7.90. The number of benzene rings is 1. The summed E-state index contributed by atoms with van der Waals surface area (Å²) in [4.78, 5) is 27.7. The molecule has 0 spiro atoms. The van der Waals surface area contributed by atoms with Gasteiger partial charge in [0.05, 0.1) is 13.2 Å². The number of likely N-dealkylation sites (tertiary alicyclic amines) is 1. The summed E-state index contributed by atoms with van der Waals surface area (Å²) >= 11 is 0. The largest absolute Gasteiger partial charge is 0.383 e. The Hall–Kier alpha value is -2.08. The van der Waals surface area contributed by atoms with E-state index in [4.69, 9.17) is 4.74 Å². The van der Waals surface area contributed by atoms with Crippen LogP contribution in [0, 0.1) is 5.41 Å². The van der Waals surface area contributed by atoms with Crippen molar-refractivity contribution in [1.82, 2.24) is 10.2 Å². The van der Waals surface area contributed by atoms with Gasteiger partial charge in [-0.1, -0.05) is 39.0 Å².